The second kappa shape index (κ2) is 6.16. The van der Waals surface area contributed by atoms with Gasteiger partial charge in [-0.2, -0.15) is 5.26 Å². The summed E-state index contributed by atoms with van der Waals surface area (Å²) in [6.07, 6.45) is 1.67. The van der Waals surface area contributed by atoms with Crippen molar-refractivity contribution in [1.29, 1.82) is 5.26 Å². The van der Waals surface area contributed by atoms with Crippen molar-refractivity contribution < 1.29 is 9.53 Å². The lowest BCUT2D eigenvalue weighted by atomic mass is 10.1. The third-order valence-corrected chi connectivity index (χ3v) is 3.44. The largest absolute Gasteiger partial charge is 0.497 e. The van der Waals surface area contributed by atoms with Gasteiger partial charge in [-0.1, -0.05) is 6.07 Å². The summed E-state index contributed by atoms with van der Waals surface area (Å²) in [7, 11) is 1.57. The molecule has 0 saturated heterocycles. The number of pyridine rings is 1. The van der Waals surface area contributed by atoms with Crippen molar-refractivity contribution in [3.8, 4) is 11.8 Å². The smallest absolute Gasteiger partial charge is 0.255 e. The summed E-state index contributed by atoms with van der Waals surface area (Å²) in [5, 5.41) is 12.5. The summed E-state index contributed by atoms with van der Waals surface area (Å²) in [5.41, 5.74) is 2.25. The van der Waals surface area contributed by atoms with Gasteiger partial charge in [-0.25, -0.2) is 0 Å². The highest BCUT2D eigenvalue weighted by atomic mass is 16.5. The first kappa shape index (κ1) is 14.5. The van der Waals surface area contributed by atoms with Crippen LogP contribution in [0, 0.1) is 11.3 Å². The van der Waals surface area contributed by atoms with Crippen molar-refractivity contribution in [3.05, 3.63) is 65.9 Å². The van der Waals surface area contributed by atoms with Gasteiger partial charge < -0.3 is 10.1 Å². The van der Waals surface area contributed by atoms with E-state index in [-0.39, 0.29) is 5.91 Å². The molecule has 0 spiro atoms. The first-order valence-electron chi connectivity index (χ1n) is 6.95. The van der Waals surface area contributed by atoms with E-state index in [9.17, 15) is 4.79 Å². The number of nitrogens with one attached hydrogen (secondary N) is 1. The SMILES string of the molecule is COc1cc(NC(=O)c2ccc(C#N)cc2)c2ncccc2c1. The molecule has 0 fully saturated rings. The zero-order valence-electron chi connectivity index (χ0n) is 12.4. The summed E-state index contributed by atoms with van der Waals surface area (Å²) < 4.78 is 5.27. The Hall–Kier alpha value is -3.39. The van der Waals surface area contributed by atoms with Crippen LogP contribution in [0.25, 0.3) is 10.9 Å². The minimum absolute atomic E-state index is 0.269. The lowest BCUT2D eigenvalue weighted by molar-refractivity contribution is 0.102. The number of ether oxygens (including phenoxy) is 1. The van der Waals surface area contributed by atoms with E-state index in [1.807, 2.05) is 24.3 Å². The quantitative estimate of drug-likeness (QED) is 0.805. The lowest BCUT2D eigenvalue weighted by Gasteiger charge is -2.10. The van der Waals surface area contributed by atoms with Gasteiger partial charge in [0.2, 0.25) is 0 Å². The molecule has 2 aromatic carbocycles. The second-order valence-electron chi connectivity index (χ2n) is 4.89. The van der Waals surface area contributed by atoms with E-state index in [0.717, 1.165) is 5.39 Å². The number of anilines is 1. The van der Waals surface area contributed by atoms with Crippen LogP contribution in [0.1, 0.15) is 15.9 Å². The Kier molecular flexibility index (Phi) is 3.89. The Bertz CT molecular complexity index is 912. The molecule has 1 heterocycles. The molecule has 112 valence electrons. The summed E-state index contributed by atoms with van der Waals surface area (Å²) in [5.74, 6) is 0.371. The molecule has 3 aromatic rings. The van der Waals surface area contributed by atoms with Crippen molar-refractivity contribution in [3.63, 3.8) is 0 Å². The molecule has 23 heavy (non-hydrogen) atoms. The summed E-state index contributed by atoms with van der Waals surface area (Å²) in [4.78, 5) is 16.7. The number of hydrogen-bond donors (Lipinski definition) is 1. The maximum atomic E-state index is 12.4. The van der Waals surface area contributed by atoms with Crippen LogP contribution in [0.15, 0.2) is 54.7 Å². The first-order chi connectivity index (χ1) is 11.2. The number of amides is 1. The van der Waals surface area contributed by atoms with Crippen molar-refractivity contribution in [2.45, 2.75) is 0 Å². The highest BCUT2D eigenvalue weighted by Gasteiger charge is 2.11. The topological polar surface area (TPSA) is 75.0 Å². The molecule has 5 nitrogen and oxygen atoms in total. The lowest BCUT2D eigenvalue weighted by Crippen LogP contribution is -2.12. The van der Waals surface area contributed by atoms with E-state index in [1.165, 1.54) is 0 Å². The highest BCUT2D eigenvalue weighted by molar-refractivity contribution is 6.08. The normalized spacial score (nSPS) is 10.1. The van der Waals surface area contributed by atoms with Gasteiger partial charge in [-0.05, 0) is 36.4 Å². The predicted octanol–water partition coefficient (Wildman–Crippen LogP) is 3.37. The molecule has 0 aliphatic carbocycles. The molecule has 1 N–H and O–H groups in total. The predicted molar refractivity (Wildman–Crippen MR) is 87.4 cm³/mol. The van der Waals surface area contributed by atoms with Crippen LogP contribution in [-0.4, -0.2) is 18.0 Å². The highest BCUT2D eigenvalue weighted by Crippen LogP contribution is 2.28. The summed E-state index contributed by atoms with van der Waals surface area (Å²) in [6.45, 7) is 0. The zero-order chi connectivity index (χ0) is 16.2. The molecule has 0 saturated carbocycles. The number of carbonyl (C=O) groups excluding carboxylic acids is 1. The number of carbonyl (C=O) groups is 1. The number of rotatable bonds is 3. The van der Waals surface area contributed by atoms with Gasteiger partial charge in [0.25, 0.3) is 5.91 Å². The summed E-state index contributed by atoms with van der Waals surface area (Å²) >= 11 is 0. The maximum Gasteiger partial charge on any atom is 0.255 e. The molecule has 0 bridgehead atoms. The number of nitriles is 1. The Morgan fingerprint density at radius 2 is 2.00 bits per heavy atom. The fourth-order valence-corrected chi connectivity index (χ4v) is 2.27. The van der Waals surface area contributed by atoms with Gasteiger partial charge in [-0.15, -0.1) is 0 Å². The molecule has 1 aromatic heterocycles. The monoisotopic (exact) mass is 303 g/mol. The van der Waals surface area contributed by atoms with Gasteiger partial charge in [0, 0.05) is 23.2 Å². The maximum absolute atomic E-state index is 12.4. The fourth-order valence-electron chi connectivity index (χ4n) is 2.27. The number of nitrogens with zero attached hydrogens (tertiary/aromatic N) is 2. The Balaban J connectivity index is 1.96. The van der Waals surface area contributed by atoms with E-state index < -0.39 is 0 Å². The standard InChI is InChI=1S/C18H13N3O2/c1-23-15-9-14-3-2-8-20-17(14)16(10-15)21-18(22)13-6-4-12(11-19)5-7-13/h2-10H,1H3,(H,21,22). The molecular formula is C18H13N3O2. The number of methoxy groups -OCH3 is 1. The second-order valence-corrected chi connectivity index (χ2v) is 4.89. The van der Waals surface area contributed by atoms with E-state index in [0.29, 0.717) is 28.1 Å². The van der Waals surface area contributed by atoms with Crippen LogP contribution in [0.5, 0.6) is 5.75 Å². The van der Waals surface area contributed by atoms with E-state index in [2.05, 4.69) is 10.3 Å². The molecule has 5 heteroatoms. The zero-order valence-corrected chi connectivity index (χ0v) is 12.4. The van der Waals surface area contributed by atoms with Gasteiger partial charge in [0.05, 0.1) is 29.9 Å². The molecule has 0 radical (unpaired) electrons. The average Bonchev–Trinajstić information content (AvgIpc) is 2.61. The molecular weight excluding hydrogens is 290 g/mol. The number of benzene rings is 2. The molecule has 0 aliphatic rings. The third-order valence-electron chi connectivity index (χ3n) is 3.44. The average molecular weight is 303 g/mol. The van der Waals surface area contributed by atoms with E-state index in [4.69, 9.17) is 10.00 Å². The molecule has 0 unspecified atom stereocenters. The van der Waals surface area contributed by atoms with Gasteiger partial charge >= 0.3 is 0 Å². The van der Waals surface area contributed by atoms with Crippen LogP contribution in [0.3, 0.4) is 0 Å². The Labute approximate surface area is 133 Å². The van der Waals surface area contributed by atoms with Crippen LogP contribution >= 0.6 is 0 Å². The Morgan fingerprint density at radius 3 is 2.70 bits per heavy atom. The summed E-state index contributed by atoms with van der Waals surface area (Å²) in [6, 6.07) is 15.8. The molecule has 0 atom stereocenters. The van der Waals surface area contributed by atoms with Gasteiger partial charge in [-0.3, -0.25) is 9.78 Å². The van der Waals surface area contributed by atoms with Crippen molar-refractivity contribution in [1.82, 2.24) is 4.98 Å². The number of hydrogen-bond acceptors (Lipinski definition) is 4. The minimum Gasteiger partial charge on any atom is -0.497 e. The minimum atomic E-state index is -0.269. The third kappa shape index (κ3) is 2.97. The molecule has 3 rings (SSSR count). The van der Waals surface area contributed by atoms with Crippen LogP contribution in [-0.2, 0) is 0 Å². The van der Waals surface area contributed by atoms with Crippen molar-refractivity contribution in [2.75, 3.05) is 12.4 Å². The molecule has 1 amide bonds. The fraction of sp³-hybridized carbons (Fsp3) is 0.0556. The van der Waals surface area contributed by atoms with Crippen LogP contribution in [0.2, 0.25) is 0 Å². The van der Waals surface area contributed by atoms with Crippen molar-refractivity contribution >= 4 is 22.5 Å². The Morgan fingerprint density at radius 1 is 1.22 bits per heavy atom. The van der Waals surface area contributed by atoms with E-state index in [1.54, 1.807) is 43.6 Å². The van der Waals surface area contributed by atoms with Gasteiger partial charge in [0.1, 0.15) is 5.75 Å². The number of fused-ring (bicyclic) bond motifs is 1. The molecule has 0 aliphatic heterocycles. The first-order valence-corrected chi connectivity index (χ1v) is 6.95. The number of aromatic nitrogens is 1. The van der Waals surface area contributed by atoms with Crippen LogP contribution in [0.4, 0.5) is 5.69 Å². The van der Waals surface area contributed by atoms with Crippen LogP contribution < -0.4 is 10.1 Å². The van der Waals surface area contributed by atoms with Gasteiger partial charge in [0.15, 0.2) is 0 Å². The van der Waals surface area contributed by atoms with E-state index >= 15 is 0 Å². The van der Waals surface area contributed by atoms with Crippen molar-refractivity contribution in [2.24, 2.45) is 0 Å².